The lowest BCUT2D eigenvalue weighted by molar-refractivity contribution is 0.101. The van der Waals surface area contributed by atoms with Crippen molar-refractivity contribution in [2.45, 2.75) is 0 Å². The van der Waals surface area contributed by atoms with Gasteiger partial charge in [0.2, 0.25) is 11.3 Å². The molecule has 0 atom stereocenters. The SMILES string of the molecule is COc1cc(=O)c(C(=O)Nc2cccc(F)c2)nn1-c1ccc(F)cc1. The lowest BCUT2D eigenvalue weighted by atomic mass is 10.2. The highest BCUT2D eigenvalue weighted by Crippen LogP contribution is 2.16. The van der Waals surface area contributed by atoms with E-state index in [2.05, 4.69) is 10.4 Å². The first-order valence-electron chi connectivity index (χ1n) is 7.49. The summed E-state index contributed by atoms with van der Waals surface area (Å²) in [4.78, 5) is 24.6. The van der Waals surface area contributed by atoms with Gasteiger partial charge in [-0.25, -0.2) is 13.5 Å². The Kier molecular flexibility index (Phi) is 4.74. The minimum absolute atomic E-state index is 0.0731. The van der Waals surface area contributed by atoms with Crippen LogP contribution in [0.3, 0.4) is 0 Å². The molecule has 1 amide bonds. The number of aromatic nitrogens is 2. The van der Waals surface area contributed by atoms with Crippen molar-refractivity contribution in [1.29, 1.82) is 0 Å². The maximum atomic E-state index is 13.2. The van der Waals surface area contributed by atoms with Gasteiger partial charge >= 0.3 is 0 Å². The first kappa shape index (κ1) is 17.3. The lowest BCUT2D eigenvalue weighted by Crippen LogP contribution is -2.26. The molecule has 1 heterocycles. The minimum atomic E-state index is -0.806. The Morgan fingerprint density at radius 2 is 1.81 bits per heavy atom. The van der Waals surface area contributed by atoms with E-state index in [-0.39, 0.29) is 11.6 Å². The van der Waals surface area contributed by atoms with Crippen molar-refractivity contribution in [3.63, 3.8) is 0 Å². The van der Waals surface area contributed by atoms with Gasteiger partial charge in [0, 0.05) is 5.69 Å². The molecule has 0 radical (unpaired) electrons. The molecule has 0 spiro atoms. The van der Waals surface area contributed by atoms with Gasteiger partial charge in [0.15, 0.2) is 5.69 Å². The summed E-state index contributed by atoms with van der Waals surface area (Å²) in [6, 6.07) is 11.6. The van der Waals surface area contributed by atoms with E-state index < -0.39 is 28.7 Å². The van der Waals surface area contributed by atoms with E-state index in [9.17, 15) is 18.4 Å². The van der Waals surface area contributed by atoms with Crippen LogP contribution in [-0.4, -0.2) is 22.8 Å². The monoisotopic (exact) mass is 357 g/mol. The normalized spacial score (nSPS) is 10.4. The summed E-state index contributed by atoms with van der Waals surface area (Å²) in [5.41, 5.74) is -0.517. The predicted molar refractivity (Wildman–Crippen MR) is 90.7 cm³/mol. The molecule has 0 aliphatic heterocycles. The van der Waals surface area contributed by atoms with Gasteiger partial charge in [-0.2, -0.15) is 5.10 Å². The van der Waals surface area contributed by atoms with Crippen LogP contribution < -0.4 is 15.5 Å². The molecular formula is C18H13F2N3O3. The molecule has 2 aromatic carbocycles. The van der Waals surface area contributed by atoms with E-state index in [4.69, 9.17) is 4.74 Å². The molecule has 1 N–H and O–H groups in total. The van der Waals surface area contributed by atoms with Crippen LogP contribution in [0.15, 0.2) is 59.4 Å². The number of benzene rings is 2. The van der Waals surface area contributed by atoms with Crippen LogP contribution >= 0.6 is 0 Å². The van der Waals surface area contributed by atoms with E-state index in [0.29, 0.717) is 5.69 Å². The van der Waals surface area contributed by atoms with Gasteiger partial charge in [-0.3, -0.25) is 9.59 Å². The van der Waals surface area contributed by atoms with Crippen LogP contribution in [0.25, 0.3) is 5.69 Å². The summed E-state index contributed by atoms with van der Waals surface area (Å²) in [6.07, 6.45) is 0. The van der Waals surface area contributed by atoms with Crippen LogP contribution in [0, 0.1) is 11.6 Å². The Morgan fingerprint density at radius 3 is 2.46 bits per heavy atom. The number of ether oxygens (including phenoxy) is 1. The second-order valence-electron chi connectivity index (χ2n) is 5.25. The predicted octanol–water partition coefficient (Wildman–Crippen LogP) is 2.77. The topological polar surface area (TPSA) is 73.2 Å². The molecule has 0 fully saturated rings. The third kappa shape index (κ3) is 3.59. The summed E-state index contributed by atoms with van der Waals surface area (Å²) in [5.74, 6) is -1.71. The van der Waals surface area contributed by atoms with Crippen molar-refractivity contribution in [2.75, 3.05) is 12.4 Å². The highest BCUT2D eigenvalue weighted by Gasteiger charge is 2.17. The second kappa shape index (κ2) is 7.14. The van der Waals surface area contributed by atoms with Crippen molar-refractivity contribution >= 4 is 11.6 Å². The first-order chi connectivity index (χ1) is 12.5. The van der Waals surface area contributed by atoms with Crippen molar-refractivity contribution in [2.24, 2.45) is 0 Å². The van der Waals surface area contributed by atoms with E-state index in [1.807, 2.05) is 0 Å². The van der Waals surface area contributed by atoms with Gasteiger partial charge in [0.05, 0.1) is 18.9 Å². The second-order valence-corrected chi connectivity index (χ2v) is 5.25. The Bertz CT molecular complexity index is 1020. The standard InChI is InChI=1S/C18H13F2N3O3/c1-26-16-10-15(24)17(18(25)21-13-4-2-3-12(20)9-13)22-23(16)14-7-5-11(19)6-8-14/h2-10H,1H3,(H,21,25). The summed E-state index contributed by atoms with van der Waals surface area (Å²) in [6.45, 7) is 0. The fraction of sp³-hybridized carbons (Fsp3) is 0.0556. The Morgan fingerprint density at radius 1 is 1.08 bits per heavy atom. The molecule has 1 aromatic heterocycles. The average molecular weight is 357 g/mol. The van der Waals surface area contributed by atoms with Gasteiger partial charge in [0.25, 0.3) is 5.91 Å². The quantitative estimate of drug-likeness (QED) is 0.779. The van der Waals surface area contributed by atoms with Crippen molar-refractivity contribution in [3.8, 4) is 11.6 Å². The molecule has 3 rings (SSSR count). The van der Waals surface area contributed by atoms with Crippen LogP contribution in [0.2, 0.25) is 0 Å². The van der Waals surface area contributed by atoms with Gasteiger partial charge in [-0.1, -0.05) is 6.07 Å². The molecule has 0 bridgehead atoms. The highest BCUT2D eigenvalue weighted by atomic mass is 19.1. The number of rotatable bonds is 4. The highest BCUT2D eigenvalue weighted by molar-refractivity contribution is 6.02. The van der Waals surface area contributed by atoms with Crippen LogP contribution in [0.1, 0.15) is 10.5 Å². The lowest BCUT2D eigenvalue weighted by Gasteiger charge is -2.12. The average Bonchev–Trinajstić information content (AvgIpc) is 2.62. The van der Waals surface area contributed by atoms with E-state index in [0.717, 1.165) is 12.1 Å². The molecule has 26 heavy (non-hydrogen) atoms. The molecule has 132 valence electrons. The maximum absolute atomic E-state index is 13.2. The summed E-state index contributed by atoms with van der Waals surface area (Å²) in [7, 11) is 1.34. The zero-order chi connectivity index (χ0) is 18.7. The van der Waals surface area contributed by atoms with Crippen molar-refractivity contribution < 1.29 is 18.3 Å². The Labute approximate surface area is 146 Å². The third-order valence-electron chi connectivity index (χ3n) is 3.47. The molecular weight excluding hydrogens is 344 g/mol. The fourth-order valence-corrected chi connectivity index (χ4v) is 2.27. The number of hydrogen-bond donors (Lipinski definition) is 1. The van der Waals surface area contributed by atoms with Crippen LogP contribution in [0.5, 0.6) is 5.88 Å². The number of amides is 1. The molecule has 0 unspecified atom stereocenters. The van der Waals surface area contributed by atoms with Crippen molar-refractivity contribution in [3.05, 3.63) is 82.1 Å². The zero-order valence-electron chi connectivity index (χ0n) is 13.6. The number of nitrogens with zero attached hydrogens (tertiary/aromatic N) is 2. The van der Waals surface area contributed by atoms with Crippen molar-refractivity contribution in [1.82, 2.24) is 9.78 Å². The number of carbonyl (C=O) groups excluding carboxylic acids is 1. The Balaban J connectivity index is 2.01. The molecule has 8 heteroatoms. The zero-order valence-corrected chi connectivity index (χ0v) is 13.6. The van der Waals surface area contributed by atoms with Gasteiger partial charge in [-0.15, -0.1) is 0 Å². The van der Waals surface area contributed by atoms with Crippen LogP contribution in [-0.2, 0) is 0 Å². The smallest absolute Gasteiger partial charge is 0.280 e. The summed E-state index contributed by atoms with van der Waals surface area (Å²) >= 11 is 0. The van der Waals surface area contributed by atoms with E-state index in [1.54, 1.807) is 0 Å². The van der Waals surface area contributed by atoms with E-state index >= 15 is 0 Å². The van der Waals surface area contributed by atoms with E-state index in [1.165, 1.54) is 54.3 Å². The van der Waals surface area contributed by atoms with Gasteiger partial charge in [-0.05, 0) is 42.5 Å². The first-order valence-corrected chi connectivity index (χ1v) is 7.49. The number of hydrogen-bond acceptors (Lipinski definition) is 4. The summed E-state index contributed by atoms with van der Waals surface area (Å²) in [5, 5.41) is 6.42. The number of methoxy groups -OCH3 is 1. The van der Waals surface area contributed by atoms with Crippen LogP contribution in [0.4, 0.5) is 14.5 Å². The third-order valence-corrected chi connectivity index (χ3v) is 3.47. The van der Waals surface area contributed by atoms with Gasteiger partial charge < -0.3 is 10.1 Å². The fourth-order valence-electron chi connectivity index (χ4n) is 2.27. The molecule has 0 aliphatic rings. The Hall–Kier alpha value is -3.55. The van der Waals surface area contributed by atoms with Gasteiger partial charge in [0.1, 0.15) is 11.6 Å². The molecule has 0 aliphatic carbocycles. The maximum Gasteiger partial charge on any atom is 0.280 e. The summed E-state index contributed by atoms with van der Waals surface area (Å²) < 4.78 is 32.7. The number of halogens is 2. The number of nitrogens with one attached hydrogen (secondary N) is 1. The largest absolute Gasteiger partial charge is 0.481 e. The molecule has 0 saturated heterocycles. The number of carbonyl (C=O) groups is 1. The molecule has 0 saturated carbocycles. The molecule has 3 aromatic rings. The molecule has 6 nitrogen and oxygen atoms in total. The number of anilines is 1. The minimum Gasteiger partial charge on any atom is -0.481 e.